The molecule has 0 N–H and O–H groups in total. The molecule has 0 saturated heterocycles. The summed E-state index contributed by atoms with van der Waals surface area (Å²) in [5.74, 6) is 0.851. The number of methoxy groups -OCH3 is 1. The molecule has 0 radical (unpaired) electrons. The maximum atomic E-state index is 5.20. The monoisotopic (exact) mass is 237 g/mol. The standard InChI is InChI=1S/C9H11N3O.2C2H6/c1-6-8(13-3)4-12-9(6)7(2)10-5-11-12;2*1-2/h4-5H,1-3H3;2*1-2H3. The maximum Gasteiger partial charge on any atom is 0.142 e. The number of fused-ring (bicyclic) bond motifs is 1. The normalized spacial score (nSPS) is 8.88. The Balaban J connectivity index is 0.000000581. The molecule has 0 aliphatic heterocycles. The summed E-state index contributed by atoms with van der Waals surface area (Å²) in [5.41, 5.74) is 3.08. The lowest BCUT2D eigenvalue weighted by Gasteiger charge is -1.97. The lowest BCUT2D eigenvalue weighted by molar-refractivity contribution is 0.412. The summed E-state index contributed by atoms with van der Waals surface area (Å²) in [7, 11) is 1.66. The van der Waals surface area contributed by atoms with Gasteiger partial charge in [0.1, 0.15) is 12.1 Å². The summed E-state index contributed by atoms with van der Waals surface area (Å²) < 4.78 is 6.98. The lowest BCUT2D eigenvalue weighted by atomic mass is 10.2. The van der Waals surface area contributed by atoms with Crippen LogP contribution < -0.4 is 4.74 Å². The van der Waals surface area contributed by atoms with Crippen molar-refractivity contribution < 1.29 is 4.74 Å². The third-order valence-corrected chi connectivity index (χ3v) is 2.18. The zero-order valence-electron chi connectivity index (χ0n) is 11.9. The summed E-state index contributed by atoms with van der Waals surface area (Å²) in [5, 5.41) is 4.10. The molecule has 2 aromatic rings. The van der Waals surface area contributed by atoms with Gasteiger partial charge in [-0.05, 0) is 13.8 Å². The van der Waals surface area contributed by atoms with E-state index in [4.69, 9.17) is 4.74 Å². The third kappa shape index (κ3) is 3.19. The Morgan fingerprint density at radius 2 is 1.71 bits per heavy atom. The van der Waals surface area contributed by atoms with Crippen LogP contribution in [0, 0.1) is 13.8 Å². The van der Waals surface area contributed by atoms with E-state index in [1.54, 1.807) is 18.0 Å². The molecule has 2 rings (SSSR count). The predicted molar refractivity (Wildman–Crippen MR) is 71.7 cm³/mol. The zero-order chi connectivity index (χ0) is 13.4. The smallest absolute Gasteiger partial charge is 0.142 e. The molecule has 0 saturated carbocycles. The number of ether oxygens (including phenoxy) is 1. The van der Waals surface area contributed by atoms with Crippen molar-refractivity contribution in [1.82, 2.24) is 14.6 Å². The van der Waals surface area contributed by atoms with E-state index in [9.17, 15) is 0 Å². The summed E-state index contributed by atoms with van der Waals surface area (Å²) in [6.45, 7) is 12.0. The van der Waals surface area contributed by atoms with E-state index in [-0.39, 0.29) is 0 Å². The van der Waals surface area contributed by atoms with Crippen LogP contribution in [0.2, 0.25) is 0 Å². The average molecular weight is 237 g/mol. The molecule has 0 aliphatic rings. The highest BCUT2D eigenvalue weighted by atomic mass is 16.5. The van der Waals surface area contributed by atoms with Crippen LogP contribution in [0.4, 0.5) is 0 Å². The van der Waals surface area contributed by atoms with Gasteiger partial charge in [0.25, 0.3) is 0 Å². The van der Waals surface area contributed by atoms with Crippen molar-refractivity contribution in [2.45, 2.75) is 41.5 Å². The minimum atomic E-state index is 0.851. The fourth-order valence-corrected chi connectivity index (χ4v) is 1.52. The molecule has 2 aromatic heterocycles. The Kier molecular flexibility index (Phi) is 6.94. The highest BCUT2D eigenvalue weighted by Crippen LogP contribution is 2.24. The summed E-state index contributed by atoms with van der Waals surface area (Å²) >= 11 is 0. The van der Waals surface area contributed by atoms with E-state index in [2.05, 4.69) is 10.1 Å². The van der Waals surface area contributed by atoms with E-state index >= 15 is 0 Å². The van der Waals surface area contributed by atoms with Crippen molar-refractivity contribution in [2.24, 2.45) is 0 Å². The highest BCUT2D eigenvalue weighted by molar-refractivity contribution is 5.63. The SMILES string of the molecule is CC.CC.COc1cn2ncnc(C)c2c1C. The van der Waals surface area contributed by atoms with Crippen molar-refractivity contribution in [3.8, 4) is 5.75 Å². The first-order valence-electron chi connectivity index (χ1n) is 6.07. The molecule has 0 unspecified atom stereocenters. The molecule has 0 bridgehead atoms. The highest BCUT2D eigenvalue weighted by Gasteiger charge is 2.09. The van der Waals surface area contributed by atoms with Gasteiger partial charge in [-0.2, -0.15) is 5.10 Å². The number of rotatable bonds is 1. The largest absolute Gasteiger partial charge is 0.495 e. The van der Waals surface area contributed by atoms with Gasteiger partial charge in [0, 0.05) is 5.56 Å². The number of aromatic nitrogens is 3. The number of hydrogen-bond donors (Lipinski definition) is 0. The number of nitrogens with zero attached hydrogens (tertiary/aromatic N) is 3. The molecule has 0 amide bonds. The predicted octanol–water partition coefficient (Wildman–Crippen LogP) is 3.41. The molecule has 0 fully saturated rings. The topological polar surface area (TPSA) is 39.4 Å². The third-order valence-electron chi connectivity index (χ3n) is 2.18. The van der Waals surface area contributed by atoms with Crippen LogP contribution in [0.3, 0.4) is 0 Å². The second-order valence-electron chi connectivity index (χ2n) is 2.96. The first-order valence-corrected chi connectivity index (χ1v) is 6.07. The lowest BCUT2D eigenvalue weighted by Crippen LogP contribution is -1.94. The Morgan fingerprint density at radius 1 is 1.12 bits per heavy atom. The van der Waals surface area contributed by atoms with Gasteiger partial charge in [-0.1, -0.05) is 27.7 Å². The molecule has 0 aliphatic carbocycles. The van der Waals surface area contributed by atoms with Gasteiger partial charge in [-0.3, -0.25) is 0 Å². The Bertz CT molecular complexity index is 449. The van der Waals surface area contributed by atoms with Crippen LogP contribution in [-0.4, -0.2) is 21.7 Å². The summed E-state index contributed by atoms with van der Waals surface area (Å²) in [6, 6.07) is 0. The number of aryl methyl sites for hydroxylation is 2. The van der Waals surface area contributed by atoms with Crippen LogP contribution in [0.25, 0.3) is 5.52 Å². The van der Waals surface area contributed by atoms with Crippen LogP contribution in [0.15, 0.2) is 12.5 Å². The van der Waals surface area contributed by atoms with E-state index < -0.39 is 0 Å². The number of hydrogen-bond acceptors (Lipinski definition) is 3. The molecule has 0 spiro atoms. The molecular formula is C13H23N3O. The van der Waals surface area contributed by atoms with Crippen LogP contribution in [0.1, 0.15) is 39.0 Å². The van der Waals surface area contributed by atoms with Gasteiger partial charge in [-0.25, -0.2) is 9.50 Å². The maximum absolute atomic E-state index is 5.20. The summed E-state index contributed by atoms with van der Waals surface area (Å²) in [4.78, 5) is 4.13. The Morgan fingerprint density at radius 3 is 2.18 bits per heavy atom. The van der Waals surface area contributed by atoms with Gasteiger partial charge < -0.3 is 4.74 Å². The van der Waals surface area contributed by atoms with Crippen LogP contribution >= 0.6 is 0 Å². The van der Waals surface area contributed by atoms with E-state index in [0.717, 1.165) is 22.5 Å². The Hall–Kier alpha value is -1.58. The van der Waals surface area contributed by atoms with Crippen molar-refractivity contribution in [3.05, 3.63) is 23.8 Å². The molecule has 4 nitrogen and oxygen atoms in total. The average Bonchev–Trinajstić information content (AvgIpc) is 2.72. The van der Waals surface area contributed by atoms with Crippen molar-refractivity contribution in [1.29, 1.82) is 0 Å². The first-order chi connectivity index (χ1) is 8.24. The molecule has 0 atom stereocenters. The first kappa shape index (κ1) is 15.4. The van der Waals surface area contributed by atoms with Crippen molar-refractivity contribution in [3.63, 3.8) is 0 Å². The molecule has 0 aromatic carbocycles. The Labute approximate surface area is 104 Å². The molecular weight excluding hydrogens is 214 g/mol. The minimum absolute atomic E-state index is 0.851. The fourth-order valence-electron chi connectivity index (χ4n) is 1.52. The fraction of sp³-hybridized carbons (Fsp3) is 0.538. The second kappa shape index (κ2) is 7.65. The van der Waals surface area contributed by atoms with Crippen molar-refractivity contribution in [2.75, 3.05) is 7.11 Å². The van der Waals surface area contributed by atoms with Gasteiger partial charge in [0.15, 0.2) is 0 Å². The molecule has 96 valence electrons. The molecule has 4 heteroatoms. The minimum Gasteiger partial charge on any atom is -0.495 e. The van der Waals surface area contributed by atoms with E-state index in [1.165, 1.54) is 0 Å². The quantitative estimate of drug-likeness (QED) is 0.763. The van der Waals surface area contributed by atoms with Crippen molar-refractivity contribution >= 4 is 5.52 Å². The van der Waals surface area contributed by atoms with Gasteiger partial charge in [0.2, 0.25) is 0 Å². The van der Waals surface area contributed by atoms with E-state index in [1.807, 2.05) is 47.7 Å². The van der Waals surface area contributed by atoms with Crippen LogP contribution in [-0.2, 0) is 0 Å². The van der Waals surface area contributed by atoms with Gasteiger partial charge in [0.05, 0.1) is 24.5 Å². The van der Waals surface area contributed by atoms with Crippen LogP contribution in [0.5, 0.6) is 5.75 Å². The van der Waals surface area contributed by atoms with Gasteiger partial charge >= 0.3 is 0 Å². The van der Waals surface area contributed by atoms with E-state index in [0.29, 0.717) is 0 Å². The second-order valence-corrected chi connectivity index (χ2v) is 2.96. The summed E-state index contributed by atoms with van der Waals surface area (Å²) in [6.07, 6.45) is 3.40. The molecule has 17 heavy (non-hydrogen) atoms. The molecule has 2 heterocycles. The van der Waals surface area contributed by atoms with Gasteiger partial charge in [-0.15, -0.1) is 0 Å². The zero-order valence-corrected chi connectivity index (χ0v) is 11.9.